The summed E-state index contributed by atoms with van der Waals surface area (Å²) in [6, 6.07) is 15.4. The summed E-state index contributed by atoms with van der Waals surface area (Å²) < 4.78 is 2.05. The molecule has 110 valence electrons. The van der Waals surface area contributed by atoms with Crippen LogP contribution in [0.5, 0.6) is 0 Å². The molecule has 0 amide bonds. The third kappa shape index (κ3) is 4.25. The number of carbonyl (C=O) groups is 1. The third-order valence-electron chi connectivity index (χ3n) is 3.55. The van der Waals surface area contributed by atoms with Gasteiger partial charge in [-0.15, -0.1) is 0 Å². The van der Waals surface area contributed by atoms with Crippen molar-refractivity contribution in [3.8, 4) is 0 Å². The molecule has 21 heavy (non-hydrogen) atoms. The van der Waals surface area contributed by atoms with E-state index >= 15 is 0 Å². The smallest absolute Gasteiger partial charge is 0.179 e. The topological polar surface area (TPSA) is 20.3 Å². The Bertz CT molecular complexity index is 625. The van der Waals surface area contributed by atoms with Gasteiger partial charge in [0.1, 0.15) is 0 Å². The zero-order valence-corrected chi connectivity index (χ0v) is 15.2. The molecular weight excluding hydrogens is 394 g/mol. The first kappa shape index (κ1) is 16.4. The second kappa shape index (κ2) is 7.34. The highest BCUT2D eigenvalue weighted by molar-refractivity contribution is 9.10. The zero-order valence-electron chi connectivity index (χ0n) is 12.0. The number of rotatable bonds is 5. The maximum atomic E-state index is 12.5. The quantitative estimate of drug-likeness (QED) is 0.652. The highest BCUT2D eigenvalue weighted by Crippen LogP contribution is 2.19. The number of Topliss-reactive ketones (excluding diaryl/α,β-unsaturated/α-hetero) is 1. The molecule has 0 spiro atoms. The van der Waals surface area contributed by atoms with Gasteiger partial charge in [0.05, 0.1) is 6.04 Å². The summed E-state index contributed by atoms with van der Waals surface area (Å²) in [5.41, 5.74) is 1.92. The molecule has 1 atom stereocenters. The van der Waals surface area contributed by atoms with E-state index in [0.29, 0.717) is 0 Å². The number of nitrogens with zero attached hydrogens (tertiary/aromatic N) is 1. The van der Waals surface area contributed by atoms with Crippen molar-refractivity contribution in [1.82, 2.24) is 4.90 Å². The predicted molar refractivity (Wildman–Crippen MR) is 93.5 cm³/mol. The van der Waals surface area contributed by atoms with Gasteiger partial charge in [-0.3, -0.25) is 9.69 Å². The molecular formula is C17H17Br2NO. The maximum Gasteiger partial charge on any atom is 0.179 e. The fraction of sp³-hybridized carbons (Fsp3) is 0.235. The van der Waals surface area contributed by atoms with Crippen LogP contribution in [0.4, 0.5) is 0 Å². The van der Waals surface area contributed by atoms with E-state index in [4.69, 9.17) is 0 Å². The Morgan fingerprint density at radius 1 is 1.10 bits per heavy atom. The van der Waals surface area contributed by atoms with Crippen LogP contribution in [0.25, 0.3) is 0 Å². The van der Waals surface area contributed by atoms with Gasteiger partial charge in [-0.05, 0) is 37.7 Å². The predicted octanol–water partition coefficient (Wildman–Crippen LogP) is 4.91. The fourth-order valence-corrected chi connectivity index (χ4v) is 2.76. The number of ketones is 1. The minimum atomic E-state index is -0.168. The molecule has 0 heterocycles. The van der Waals surface area contributed by atoms with E-state index in [-0.39, 0.29) is 11.8 Å². The van der Waals surface area contributed by atoms with Gasteiger partial charge < -0.3 is 0 Å². The Labute approximate surface area is 142 Å². The largest absolute Gasteiger partial charge is 0.292 e. The molecule has 0 aliphatic rings. The Kier molecular flexibility index (Phi) is 5.73. The second-order valence-electron chi connectivity index (χ2n) is 5.05. The average Bonchev–Trinajstić information content (AvgIpc) is 2.49. The molecule has 0 saturated carbocycles. The van der Waals surface area contributed by atoms with Gasteiger partial charge in [-0.1, -0.05) is 62.2 Å². The summed E-state index contributed by atoms with van der Waals surface area (Å²) in [6.07, 6.45) is 0. The fourth-order valence-electron chi connectivity index (χ4n) is 2.09. The lowest BCUT2D eigenvalue weighted by Gasteiger charge is -2.24. The first-order valence-electron chi connectivity index (χ1n) is 6.72. The van der Waals surface area contributed by atoms with Crippen molar-refractivity contribution in [2.75, 3.05) is 7.05 Å². The van der Waals surface area contributed by atoms with Gasteiger partial charge in [-0.2, -0.15) is 0 Å². The Morgan fingerprint density at radius 3 is 2.33 bits per heavy atom. The van der Waals surface area contributed by atoms with Crippen LogP contribution in [-0.4, -0.2) is 23.8 Å². The van der Waals surface area contributed by atoms with Gasteiger partial charge in [0.25, 0.3) is 0 Å². The van der Waals surface area contributed by atoms with Crippen molar-refractivity contribution in [2.45, 2.75) is 19.5 Å². The highest BCUT2D eigenvalue weighted by atomic mass is 79.9. The zero-order chi connectivity index (χ0) is 15.4. The lowest BCUT2D eigenvalue weighted by Crippen LogP contribution is -2.35. The molecule has 0 aromatic heterocycles. The standard InChI is InChI=1S/C17H17Br2NO/c1-12(17(21)13-7-9-15(18)10-8-13)20(2)11-14-5-3-4-6-16(14)19/h3-10,12H,11H2,1-2H3. The number of hydrogen-bond acceptors (Lipinski definition) is 2. The Morgan fingerprint density at radius 2 is 1.71 bits per heavy atom. The van der Waals surface area contributed by atoms with Gasteiger partial charge >= 0.3 is 0 Å². The summed E-state index contributed by atoms with van der Waals surface area (Å²) in [7, 11) is 1.97. The van der Waals surface area contributed by atoms with Crippen LogP contribution >= 0.6 is 31.9 Å². The van der Waals surface area contributed by atoms with E-state index in [0.717, 1.165) is 21.1 Å². The van der Waals surface area contributed by atoms with E-state index in [1.165, 1.54) is 5.56 Å². The van der Waals surface area contributed by atoms with Crippen LogP contribution < -0.4 is 0 Å². The van der Waals surface area contributed by atoms with E-state index in [1.807, 2.05) is 56.4 Å². The maximum absolute atomic E-state index is 12.5. The number of hydrogen-bond donors (Lipinski definition) is 0. The Balaban J connectivity index is 2.08. The van der Waals surface area contributed by atoms with Gasteiger partial charge in [0.15, 0.2) is 5.78 Å². The summed E-state index contributed by atoms with van der Waals surface area (Å²) in [4.78, 5) is 14.6. The second-order valence-corrected chi connectivity index (χ2v) is 6.82. The van der Waals surface area contributed by atoms with Crippen LogP contribution in [0.2, 0.25) is 0 Å². The van der Waals surface area contributed by atoms with Crippen LogP contribution in [0, 0.1) is 0 Å². The molecule has 2 aromatic carbocycles. The Hall–Kier alpha value is -0.970. The van der Waals surface area contributed by atoms with Crippen molar-refractivity contribution in [3.63, 3.8) is 0 Å². The first-order chi connectivity index (χ1) is 9.99. The first-order valence-corrected chi connectivity index (χ1v) is 8.31. The molecule has 0 N–H and O–H groups in total. The summed E-state index contributed by atoms with van der Waals surface area (Å²) in [5.74, 6) is 0.136. The average molecular weight is 411 g/mol. The number of likely N-dealkylation sites (N-methyl/N-ethyl adjacent to an activating group) is 1. The van der Waals surface area contributed by atoms with Crippen molar-refractivity contribution >= 4 is 37.6 Å². The molecule has 2 nitrogen and oxygen atoms in total. The normalized spacial score (nSPS) is 12.4. The van der Waals surface area contributed by atoms with Gasteiger partial charge in [0, 0.05) is 21.1 Å². The lowest BCUT2D eigenvalue weighted by molar-refractivity contribution is 0.0862. The van der Waals surface area contributed by atoms with Crippen LogP contribution in [0.3, 0.4) is 0 Å². The van der Waals surface area contributed by atoms with E-state index in [2.05, 4.69) is 42.8 Å². The summed E-state index contributed by atoms with van der Waals surface area (Å²) in [6.45, 7) is 2.67. The molecule has 4 heteroatoms. The van der Waals surface area contributed by atoms with E-state index < -0.39 is 0 Å². The molecule has 0 saturated heterocycles. The molecule has 2 aromatic rings. The van der Waals surface area contributed by atoms with Crippen LogP contribution in [0.15, 0.2) is 57.5 Å². The molecule has 0 bridgehead atoms. The monoisotopic (exact) mass is 409 g/mol. The van der Waals surface area contributed by atoms with Crippen molar-refractivity contribution in [2.24, 2.45) is 0 Å². The van der Waals surface area contributed by atoms with Crippen molar-refractivity contribution in [3.05, 3.63) is 68.6 Å². The van der Waals surface area contributed by atoms with Crippen LogP contribution in [0.1, 0.15) is 22.8 Å². The number of halogens is 2. The van der Waals surface area contributed by atoms with Crippen molar-refractivity contribution in [1.29, 1.82) is 0 Å². The van der Waals surface area contributed by atoms with E-state index in [1.54, 1.807) is 0 Å². The van der Waals surface area contributed by atoms with Crippen molar-refractivity contribution < 1.29 is 4.79 Å². The minimum Gasteiger partial charge on any atom is -0.292 e. The van der Waals surface area contributed by atoms with E-state index in [9.17, 15) is 4.79 Å². The molecule has 0 fully saturated rings. The van der Waals surface area contributed by atoms with Crippen LogP contribution in [-0.2, 0) is 6.54 Å². The molecule has 0 aliphatic heterocycles. The molecule has 1 unspecified atom stereocenters. The molecule has 2 rings (SSSR count). The lowest BCUT2D eigenvalue weighted by atomic mass is 10.0. The summed E-state index contributed by atoms with van der Waals surface area (Å²) in [5, 5.41) is 0. The van der Waals surface area contributed by atoms with Gasteiger partial charge in [0.2, 0.25) is 0 Å². The molecule has 0 aliphatic carbocycles. The summed E-state index contributed by atoms with van der Waals surface area (Å²) >= 11 is 6.93. The molecule has 0 radical (unpaired) electrons. The minimum absolute atomic E-state index is 0.136. The number of carbonyl (C=O) groups excluding carboxylic acids is 1. The van der Waals surface area contributed by atoms with Gasteiger partial charge in [-0.25, -0.2) is 0 Å². The highest BCUT2D eigenvalue weighted by Gasteiger charge is 2.20. The SMILES string of the molecule is CC(C(=O)c1ccc(Br)cc1)N(C)Cc1ccccc1Br. The third-order valence-corrected chi connectivity index (χ3v) is 4.85. The number of benzene rings is 2.